The second-order valence-electron chi connectivity index (χ2n) is 8.12. The van der Waals surface area contributed by atoms with E-state index < -0.39 is 34.9 Å². The summed E-state index contributed by atoms with van der Waals surface area (Å²) in [5.74, 6) is -1.40. The molecule has 2 N–H and O–H groups in total. The average Bonchev–Trinajstić information content (AvgIpc) is 2.56. The molecule has 4 bridgehead atoms. The maximum atomic E-state index is 13.7. The van der Waals surface area contributed by atoms with E-state index in [4.69, 9.17) is 10.5 Å². The minimum atomic E-state index is -4.22. The van der Waals surface area contributed by atoms with Crippen LogP contribution in [-0.2, 0) is 16.1 Å². The molecule has 0 aliphatic heterocycles. The van der Waals surface area contributed by atoms with Gasteiger partial charge in [0.2, 0.25) is 0 Å². The maximum absolute atomic E-state index is 13.7. The van der Waals surface area contributed by atoms with Gasteiger partial charge in [-0.25, -0.2) is 0 Å². The lowest BCUT2D eigenvalue weighted by atomic mass is 9.43. The van der Waals surface area contributed by atoms with Crippen molar-refractivity contribution in [2.45, 2.75) is 50.4 Å². The van der Waals surface area contributed by atoms with Gasteiger partial charge in [0.15, 0.2) is 0 Å². The summed E-state index contributed by atoms with van der Waals surface area (Å²) in [5.41, 5.74) is 4.38. The number of alkyl halides is 3. The molecule has 0 radical (unpaired) electrons. The van der Waals surface area contributed by atoms with Crippen LogP contribution in [0.25, 0.3) is 0 Å². The van der Waals surface area contributed by atoms with Gasteiger partial charge in [-0.2, -0.15) is 13.2 Å². The van der Waals surface area contributed by atoms with Crippen LogP contribution >= 0.6 is 0 Å². The minimum absolute atomic E-state index is 0.0257. The first-order valence-corrected chi connectivity index (χ1v) is 8.81. The number of hydrogen-bond acceptors (Lipinski definition) is 3. The molecule has 5 rings (SSSR count). The van der Waals surface area contributed by atoms with Crippen LogP contribution in [0, 0.1) is 23.2 Å². The van der Waals surface area contributed by atoms with E-state index in [9.17, 15) is 18.0 Å². The van der Waals surface area contributed by atoms with Gasteiger partial charge in [-0.1, -0.05) is 30.3 Å². The summed E-state index contributed by atoms with van der Waals surface area (Å²) >= 11 is 0. The van der Waals surface area contributed by atoms with Crippen LogP contribution in [0.3, 0.4) is 0 Å². The Bertz CT molecular complexity index is 657. The van der Waals surface area contributed by atoms with Gasteiger partial charge in [-0.3, -0.25) is 4.79 Å². The highest BCUT2D eigenvalue weighted by Crippen LogP contribution is 2.67. The molecule has 0 saturated heterocycles. The molecular weight excluding hydrogens is 331 g/mol. The lowest BCUT2D eigenvalue weighted by Gasteiger charge is -2.62. The van der Waals surface area contributed by atoms with Crippen molar-refractivity contribution in [3.05, 3.63) is 35.9 Å². The van der Waals surface area contributed by atoms with Crippen molar-refractivity contribution in [1.29, 1.82) is 0 Å². The van der Waals surface area contributed by atoms with E-state index in [1.807, 2.05) is 30.3 Å². The van der Waals surface area contributed by atoms with Gasteiger partial charge in [0.05, 0.1) is 5.41 Å². The fourth-order valence-corrected chi connectivity index (χ4v) is 5.57. The Hall–Kier alpha value is -1.56. The molecule has 2 atom stereocenters. The zero-order valence-corrected chi connectivity index (χ0v) is 13.9. The van der Waals surface area contributed by atoms with Gasteiger partial charge in [0.1, 0.15) is 12.1 Å². The van der Waals surface area contributed by atoms with Crippen LogP contribution in [0.1, 0.15) is 37.7 Å². The molecule has 1 aromatic rings. The SMILES string of the molecule is NC1(C(=O)OCc2ccccc2)C2CC3CC1CC(C(F)(F)F)(C3)C2. The molecule has 0 aromatic heterocycles. The van der Waals surface area contributed by atoms with Crippen molar-refractivity contribution in [2.24, 2.45) is 28.9 Å². The molecule has 0 amide bonds. The van der Waals surface area contributed by atoms with Gasteiger partial charge >= 0.3 is 12.1 Å². The molecule has 4 saturated carbocycles. The summed E-state index contributed by atoms with van der Waals surface area (Å²) in [7, 11) is 0. The molecule has 136 valence electrons. The Morgan fingerprint density at radius 2 is 1.72 bits per heavy atom. The second kappa shape index (κ2) is 5.47. The van der Waals surface area contributed by atoms with Crippen LogP contribution in [0.2, 0.25) is 0 Å². The summed E-state index contributed by atoms with van der Waals surface area (Å²) in [6.07, 6.45) is -2.91. The van der Waals surface area contributed by atoms with Crippen molar-refractivity contribution in [3.63, 3.8) is 0 Å². The quantitative estimate of drug-likeness (QED) is 0.841. The second-order valence-corrected chi connectivity index (χ2v) is 8.12. The fraction of sp³-hybridized carbons (Fsp3) is 0.632. The van der Waals surface area contributed by atoms with Gasteiger partial charge < -0.3 is 10.5 Å². The molecule has 25 heavy (non-hydrogen) atoms. The molecule has 3 nitrogen and oxygen atoms in total. The summed E-state index contributed by atoms with van der Waals surface area (Å²) in [4.78, 5) is 12.8. The summed E-state index contributed by atoms with van der Waals surface area (Å²) in [6.45, 7) is 0.103. The largest absolute Gasteiger partial charge is 0.459 e. The van der Waals surface area contributed by atoms with Crippen molar-refractivity contribution in [1.82, 2.24) is 0 Å². The molecule has 0 spiro atoms. The van der Waals surface area contributed by atoms with Crippen LogP contribution in [0.5, 0.6) is 0 Å². The van der Waals surface area contributed by atoms with E-state index >= 15 is 0 Å². The Labute approximate surface area is 144 Å². The van der Waals surface area contributed by atoms with E-state index in [1.165, 1.54) is 0 Å². The van der Waals surface area contributed by atoms with Crippen molar-refractivity contribution in [2.75, 3.05) is 0 Å². The first-order valence-electron chi connectivity index (χ1n) is 8.81. The summed E-state index contributed by atoms with van der Waals surface area (Å²) < 4.78 is 46.4. The minimum Gasteiger partial charge on any atom is -0.459 e. The Morgan fingerprint density at radius 1 is 1.12 bits per heavy atom. The number of hydrogen-bond donors (Lipinski definition) is 1. The third-order valence-electron chi connectivity index (χ3n) is 6.71. The zero-order chi connectivity index (χ0) is 17.9. The number of ether oxygens (including phenoxy) is 1. The van der Waals surface area contributed by atoms with Crippen molar-refractivity contribution < 1.29 is 22.7 Å². The zero-order valence-electron chi connectivity index (χ0n) is 13.9. The highest BCUT2D eigenvalue weighted by molar-refractivity contribution is 5.82. The summed E-state index contributed by atoms with van der Waals surface area (Å²) in [5, 5.41) is 0. The number of nitrogens with two attached hydrogens (primary N) is 1. The lowest BCUT2D eigenvalue weighted by Crippen LogP contribution is -2.71. The van der Waals surface area contributed by atoms with Gasteiger partial charge in [-0.15, -0.1) is 0 Å². The lowest BCUT2D eigenvalue weighted by molar-refractivity contribution is -0.284. The third-order valence-corrected chi connectivity index (χ3v) is 6.71. The highest BCUT2D eigenvalue weighted by atomic mass is 19.4. The fourth-order valence-electron chi connectivity index (χ4n) is 5.57. The van der Waals surface area contributed by atoms with E-state index in [0.717, 1.165) is 5.56 Å². The number of carbonyl (C=O) groups excluding carboxylic acids is 1. The molecule has 4 aliphatic carbocycles. The first-order chi connectivity index (χ1) is 11.7. The molecular formula is C19H22F3NO2. The van der Waals surface area contributed by atoms with Crippen LogP contribution in [-0.4, -0.2) is 17.7 Å². The molecule has 1 aromatic carbocycles. The van der Waals surface area contributed by atoms with Gasteiger partial charge in [0.25, 0.3) is 0 Å². The van der Waals surface area contributed by atoms with Crippen molar-refractivity contribution >= 4 is 5.97 Å². The Balaban J connectivity index is 1.54. The molecule has 4 aliphatic rings. The van der Waals surface area contributed by atoms with Gasteiger partial charge in [0, 0.05) is 0 Å². The highest BCUT2D eigenvalue weighted by Gasteiger charge is 2.70. The van der Waals surface area contributed by atoms with Crippen molar-refractivity contribution in [3.8, 4) is 0 Å². The Kier molecular flexibility index (Phi) is 3.69. The predicted molar refractivity (Wildman–Crippen MR) is 85.2 cm³/mol. The summed E-state index contributed by atoms with van der Waals surface area (Å²) in [6, 6.07) is 9.23. The number of carbonyl (C=O) groups is 1. The standard InChI is InChI=1S/C19H22F3NO2/c20-19(21,22)17-8-13-6-14(9-17)18(23,15(7-13)10-17)16(24)25-11-12-4-2-1-3-5-12/h1-5,13-15H,6-11,23H2. The van der Waals surface area contributed by atoms with E-state index in [0.29, 0.717) is 12.8 Å². The van der Waals surface area contributed by atoms with Crippen LogP contribution in [0.15, 0.2) is 30.3 Å². The number of benzene rings is 1. The van der Waals surface area contributed by atoms with E-state index in [2.05, 4.69) is 0 Å². The van der Waals surface area contributed by atoms with E-state index in [-0.39, 0.29) is 31.8 Å². The van der Waals surface area contributed by atoms with Crippen LogP contribution < -0.4 is 5.73 Å². The first kappa shape index (κ1) is 16.9. The smallest absolute Gasteiger partial charge is 0.394 e. The third kappa shape index (κ3) is 2.48. The number of halogens is 3. The predicted octanol–water partition coefficient (Wildman–Crippen LogP) is 3.82. The monoisotopic (exact) mass is 353 g/mol. The molecule has 0 heterocycles. The van der Waals surface area contributed by atoms with Gasteiger partial charge in [-0.05, 0) is 55.4 Å². The van der Waals surface area contributed by atoms with E-state index in [1.54, 1.807) is 0 Å². The topological polar surface area (TPSA) is 52.3 Å². The Morgan fingerprint density at radius 3 is 2.28 bits per heavy atom. The molecule has 4 fully saturated rings. The average molecular weight is 353 g/mol. The molecule has 2 unspecified atom stereocenters. The molecule has 6 heteroatoms. The number of esters is 1. The number of rotatable bonds is 3. The maximum Gasteiger partial charge on any atom is 0.394 e. The van der Waals surface area contributed by atoms with Crippen LogP contribution in [0.4, 0.5) is 13.2 Å². The normalized spacial score (nSPS) is 39.4.